The Morgan fingerprint density at radius 1 is 1.09 bits per heavy atom. The molecule has 1 fully saturated rings. The Balaban J connectivity index is 1.67. The lowest BCUT2D eigenvalue weighted by Crippen LogP contribution is -2.29. The number of hydrogen-bond donors (Lipinski definition) is 1. The van der Waals surface area contributed by atoms with Crippen LogP contribution in [0.1, 0.15) is 24.2 Å². The molecule has 1 amide bonds. The lowest BCUT2D eigenvalue weighted by molar-refractivity contribution is -0.132. The number of anilines is 1. The Morgan fingerprint density at radius 3 is 2.73 bits per heavy atom. The number of aromatic nitrogens is 1. The van der Waals surface area contributed by atoms with Gasteiger partial charge in [0.15, 0.2) is 11.5 Å². The lowest BCUT2D eigenvalue weighted by atomic mass is 9.98. The van der Waals surface area contributed by atoms with Crippen LogP contribution in [0.5, 0.6) is 17.2 Å². The summed E-state index contributed by atoms with van der Waals surface area (Å²) in [6, 6.07) is 16.0. The van der Waals surface area contributed by atoms with Crippen molar-refractivity contribution in [1.29, 1.82) is 0 Å². The van der Waals surface area contributed by atoms with E-state index in [2.05, 4.69) is 4.98 Å². The number of aliphatic hydroxyl groups is 1. The Kier molecular flexibility index (Phi) is 5.18. The summed E-state index contributed by atoms with van der Waals surface area (Å²) in [5, 5.41) is 11.2. The molecule has 0 spiro atoms. The summed E-state index contributed by atoms with van der Waals surface area (Å²) in [7, 11) is 0. The molecule has 0 saturated carbocycles. The number of ketones is 1. The number of amides is 1. The summed E-state index contributed by atoms with van der Waals surface area (Å²) in [5.41, 5.74) is 1.19. The van der Waals surface area contributed by atoms with Gasteiger partial charge in [-0.15, -0.1) is 0 Å². The van der Waals surface area contributed by atoms with Crippen molar-refractivity contribution in [1.82, 2.24) is 4.98 Å². The van der Waals surface area contributed by atoms with Gasteiger partial charge >= 0.3 is 0 Å². The van der Waals surface area contributed by atoms with Gasteiger partial charge in [0.2, 0.25) is 6.79 Å². The molecule has 2 aliphatic rings. The second-order valence-corrected chi connectivity index (χ2v) is 7.42. The maximum absolute atomic E-state index is 13.2. The minimum atomic E-state index is -0.923. The van der Waals surface area contributed by atoms with Crippen molar-refractivity contribution >= 4 is 23.1 Å². The van der Waals surface area contributed by atoms with Crippen molar-refractivity contribution in [3.05, 3.63) is 83.7 Å². The number of benzene rings is 2. The molecule has 1 N–H and O–H groups in total. The number of rotatable bonds is 5. The molecule has 3 aromatic rings. The molecule has 5 rings (SSSR count). The predicted molar refractivity (Wildman–Crippen MR) is 119 cm³/mol. The van der Waals surface area contributed by atoms with Crippen LogP contribution < -0.4 is 19.1 Å². The highest BCUT2D eigenvalue weighted by molar-refractivity contribution is 6.51. The number of pyridine rings is 1. The van der Waals surface area contributed by atoms with Crippen LogP contribution in [0.15, 0.2) is 72.4 Å². The molecule has 0 aliphatic carbocycles. The first-order valence-corrected chi connectivity index (χ1v) is 10.4. The number of aliphatic hydroxyl groups excluding tert-OH is 1. The first-order chi connectivity index (χ1) is 16.1. The fraction of sp³-hybridized carbons (Fsp3) is 0.160. The standard InChI is InChI=1S/C25H20N2O6/c1-2-31-17-7-5-6-16(13-17)27-22(18-8-3-4-11-26-18)21(24(29)25(27)30)23(28)15-9-10-19-20(12-15)33-14-32-19/h3-13,22,28H,2,14H2,1H3/b23-21-. The minimum absolute atomic E-state index is 0.0561. The fourth-order valence-corrected chi connectivity index (χ4v) is 4.01. The molecule has 0 radical (unpaired) electrons. The predicted octanol–water partition coefficient (Wildman–Crippen LogP) is 3.84. The number of Topliss-reactive ketones (excluding diaryl/α,β-unsaturated/α-hetero) is 1. The van der Waals surface area contributed by atoms with E-state index in [1.165, 1.54) is 4.90 Å². The molecule has 2 aromatic carbocycles. The molecule has 1 aromatic heterocycles. The lowest BCUT2D eigenvalue weighted by Gasteiger charge is -2.25. The van der Waals surface area contributed by atoms with Crippen molar-refractivity contribution in [3.63, 3.8) is 0 Å². The molecule has 33 heavy (non-hydrogen) atoms. The molecule has 1 unspecified atom stereocenters. The Bertz CT molecular complexity index is 1270. The quantitative estimate of drug-likeness (QED) is 0.363. The second-order valence-electron chi connectivity index (χ2n) is 7.42. The van der Waals surface area contributed by atoms with Crippen molar-refractivity contribution in [2.75, 3.05) is 18.3 Å². The average molecular weight is 444 g/mol. The van der Waals surface area contributed by atoms with E-state index >= 15 is 0 Å². The highest BCUT2D eigenvalue weighted by Gasteiger charge is 2.47. The molecule has 8 heteroatoms. The zero-order valence-corrected chi connectivity index (χ0v) is 17.7. The first kappa shape index (κ1) is 20.6. The van der Waals surface area contributed by atoms with E-state index in [4.69, 9.17) is 14.2 Å². The van der Waals surface area contributed by atoms with Crippen LogP contribution in [0.2, 0.25) is 0 Å². The van der Waals surface area contributed by atoms with Crippen LogP contribution in [-0.2, 0) is 9.59 Å². The summed E-state index contributed by atoms with van der Waals surface area (Å²) in [5.74, 6) is -0.324. The molecule has 1 atom stereocenters. The number of hydrogen-bond acceptors (Lipinski definition) is 7. The smallest absolute Gasteiger partial charge is 0.300 e. The number of nitrogens with zero attached hydrogens (tertiary/aromatic N) is 2. The van der Waals surface area contributed by atoms with Crippen molar-refractivity contribution in [2.24, 2.45) is 0 Å². The van der Waals surface area contributed by atoms with Crippen molar-refractivity contribution in [3.8, 4) is 17.2 Å². The summed E-state index contributed by atoms with van der Waals surface area (Å²) >= 11 is 0. The number of carbonyl (C=O) groups is 2. The molecular weight excluding hydrogens is 424 g/mol. The fourth-order valence-electron chi connectivity index (χ4n) is 4.01. The van der Waals surface area contributed by atoms with Crippen molar-refractivity contribution < 1.29 is 28.9 Å². The maximum Gasteiger partial charge on any atom is 0.300 e. The van der Waals surface area contributed by atoms with E-state index in [1.54, 1.807) is 66.9 Å². The SMILES string of the molecule is CCOc1cccc(N2C(=O)C(=O)/C(=C(\O)c3ccc4c(c3)OCO4)C2c2ccccn2)c1. The van der Waals surface area contributed by atoms with E-state index in [0.717, 1.165) is 0 Å². The van der Waals surface area contributed by atoms with Gasteiger partial charge < -0.3 is 19.3 Å². The normalized spacial score (nSPS) is 18.6. The molecular formula is C25H20N2O6. The number of carbonyl (C=O) groups excluding carboxylic acids is 2. The molecule has 1 saturated heterocycles. The minimum Gasteiger partial charge on any atom is -0.507 e. The van der Waals surface area contributed by atoms with Crippen molar-refractivity contribution in [2.45, 2.75) is 13.0 Å². The Morgan fingerprint density at radius 2 is 1.94 bits per heavy atom. The average Bonchev–Trinajstić information content (AvgIpc) is 3.41. The van der Waals surface area contributed by atoms with E-state index < -0.39 is 17.7 Å². The number of fused-ring (bicyclic) bond motifs is 1. The highest BCUT2D eigenvalue weighted by Crippen LogP contribution is 2.43. The second kappa shape index (κ2) is 8.31. The summed E-state index contributed by atoms with van der Waals surface area (Å²) in [4.78, 5) is 32.1. The first-order valence-electron chi connectivity index (χ1n) is 10.4. The van der Waals surface area contributed by atoms with Gasteiger partial charge in [-0.25, -0.2) is 0 Å². The van der Waals surface area contributed by atoms with Gasteiger partial charge in [0.1, 0.15) is 17.6 Å². The van der Waals surface area contributed by atoms with Gasteiger partial charge in [-0.3, -0.25) is 19.5 Å². The molecule has 0 bridgehead atoms. The molecule has 8 nitrogen and oxygen atoms in total. The summed E-state index contributed by atoms with van der Waals surface area (Å²) in [6.07, 6.45) is 1.58. The zero-order chi connectivity index (χ0) is 22.9. The van der Waals surface area contributed by atoms with Gasteiger partial charge in [-0.05, 0) is 49.4 Å². The van der Waals surface area contributed by atoms with E-state index in [-0.39, 0.29) is 18.1 Å². The van der Waals surface area contributed by atoms with E-state index in [9.17, 15) is 14.7 Å². The monoisotopic (exact) mass is 444 g/mol. The van der Waals surface area contributed by atoms with Gasteiger partial charge in [-0.2, -0.15) is 0 Å². The third-order valence-corrected chi connectivity index (χ3v) is 5.47. The zero-order valence-electron chi connectivity index (χ0n) is 17.7. The molecule has 166 valence electrons. The van der Waals surface area contributed by atoms with Crippen LogP contribution in [0.25, 0.3) is 5.76 Å². The van der Waals surface area contributed by atoms with Gasteiger partial charge in [0.05, 0.1) is 17.9 Å². The van der Waals surface area contributed by atoms with Crippen LogP contribution >= 0.6 is 0 Å². The third kappa shape index (κ3) is 3.55. The maximum atomic E-state index is 13.2. The van der Waals surface area contributed by atoms with Gasteiger partial charge in [0.25, 0.3) is 11.7 Å². The van der Waals surface area contributed by atoms with E-state index in [0.29, 0.717) is 40.8 Å². The van der Waals surface area contributed by atoms with E-state index in [1.807, 2.05) is 6.92 Å². The highest BCUT2D eigenvalue weighted by atomic mass is 16.7. The molecule has 2 aliphatic heterocycles. The Labute approximate surface area is 189 Å². The largest absolute Gasteiger partial charge is 0.507 e. The number of ether oxygens (including phenoxy) is 3. The van der Waals surface area contributed by atoms with Crippen LogP contribution in [-0.4, -0.2) is 35.2 Å². The summed E-state index contributed by atoms with van der Waals surface area (Å²) < 4.78 is 16.3. The Hall–Kier alpha value is -4.33. The topological polar surface area (TPSA) is 98.2 Å². The molecule has 3 heterocycles. The van der Waals surface area contributed by atoms with Crippen LogP contribution in [0.3, 0.4) is 0 Å². The summed E-state index contributed by atoms with van der Waals surface area (Å²) in [6.45, 7) is 2.39. The third-order valence-electron chi connectivity index (χ3n) is 5.47. The van der Waals surface area contributed by atoms with Crippen LogP contribution in [0.4, 0.5) is 5.69 Å². The van der Waals surface area contributed by atoms with Crippen LogP contribution in [0, 0.1) is 0 Å². The van der Waals surface area contributed by atoms with Gasteiger partial charge in [-0.1, -0.05) is 12.1 Å². The van der Waals surface area contributed by atoms with Gasteiger partial charge in [0, 0.05) is 23.5 Å².